The molecule has 2 aromatic carbocycles. The Bertz CT molecular complexity index is 890. The number of benzene rings is 2. The minimum absolute atomic E-state index is 0.118. The number of para-hydroxylation sites is 1. The van der Waals surface area contributed by atoms with Gasteiger partial charge in [0, 0.05) is 50.1 Å². The number of likely N-dealkylation sites (N-methyl/N-ethyl adjacent to an activating group) is 1. The molecule has 2 aliphatic rings. The van der Waals surface area contributed by atoms with Gasteiger partial charge in [0.2, 0.25) is 0 Å². The first-order valence-electron chi connectivity index (χ1n) is 9.23. The van der Waals surface area contributed by atoms with Gasteiger partial charge in [-0.25, -0.2) is 4.79 Å². The second-order valence-electron chi connectivity index (χ2n) is 7.32. The van der Waals surface area contributed by atoms with Gasteiger partial charge in [-0.1, -0.05) is 24.3 Å². The molecule has 0 aliphatic carbocycles. The number of hydrogen-bond acceptors (Lipinski definition) is 4. The van der Waals surface area contributed by atoms with Gasteiger partial charge in [-0.2, -0.15) is 5.26 Å². The Balaban J connectivity index is 1.39. The molecule has 1 fully saturated rings. The van der Waals surface area contributed by atoms with E-state index in [4.69, 9.17) is 5.26 Å². The fraction of sp³-hybridized carbons (Fsp3) is 0.333. The first-order chi connectivity index (χ1) is 13.1. The number of nitrogens with zero attached hydrogens (tertiary/aromatic N) is 3. The van der Waals surface area contributed by atoms with Crippen LogP contribution in [0, 0.1) is 11.3 Å². The molecule has 4 rings (SSSR count). The normalized spacial score (nSPS) is 21.6. The van der Waals surface area contributed by atoms with Crippen molar-refractivity contribution in [2.45, 2.75) is 25.0 Å². The Hall–Kier alpha value is -3.04. The lowest BCUT2D eigenvalue weighted by Gasteiger charge is -2.24. The number of carbonyl (C=O) groups excluding carboxylic acids is 1. The summed E-state index contributed by atoms with van der Waals surface area (Å²) in [5.74, 6) is 0. The molecule has 2 atom stereocenters. The van der Waals surface area contributed by atoms with Crippen molar-refractivity contribution in [1.29, 1.82) is 5.26 Å². The smallest absolute Gasteiger partial charge is 0.319 e. The molecule has 27 heavy (non-hydrogen) atoms. The van der Waals surface area contributed by atoms with Crippen LogP contribution in [0.15, 0.2) is 48.5 Å². The highest BCUT2D eigenvalue weighted by molar-refractivity contribution is 5.89. The summed E-state index contributed by atoms with van der Waals surface area (Å²) in [6.07, 6.45) is 0.935. The molecule has 2 N–H and O–H groups in total. The van der Waals surface area contributed by atoms with Crippen molar-refractivity contribution in [2.24, 2.45) is 0 Å². The van der Waals surface area contributed by atoms with Crippen LogP contribution in [0.2, 0.25) is 0 Å². The molecule has 0 radical (unpaired) electrons. The Morgan fingerprint density at radius 3 is 2.89 bits per heavy atom. The molecular weight excluding hydrogens is 338 g/mol. The first kappa shape index (κ1) is 17.4. The minimum atomic E-state index is -0.221. The average molecular weight is 361 g/mol. The molecule has 2 heterocycles. The lowest BCUT2D eigenvalue weighted by atomic mass is 10.1. The molecule has 2 aromatic rings. The molecule has 2 amide bonds. The summed E-state index contributed by atoms with van der Waals surface area (Å²) in [6, 6.07) is 17.9. The number of carbonyl (C=O) groups is 1. The third-order valence-electron chi connectivity index (χ3n) is 5.37. The van der Waals surface area contributed by atoms with Gasteiger partial charge >= 0.3 is 6.03 Å². The Morgan fingerprint density at radius 1 is 1.19 bits per heavy atom. The monoisotopic (exact) mass is 361 g/mol. The topological polar surface area (TPSA) is 71.4 Å². The SMILES string of the molecule is CN1C[C@@H]2C[C@H](NC(=O)Nc3cccc(C#N)c3)CN2Cc2ccccc21. The van der Waals surface area contributed by atoms with Crippen LogP contribution < -0.4 is 15.5 Å². The lowest BCUT2D eigenvalue weighted by molar-refractivity contribution is 0.243. The minimum Gasteiger partial charge on any atom is -0.373 e. The van der Waals surface area contributed by atoms with E-state index in [1.54, 1.807) is 24.3 Å². The Morgan fingerprint density at radius 2 is 2.04 bits per heavy atom. The molecule has 138 valence electrons. The van der Waals surface area contributed by atoms with Crippen LogP contribution in [0.5, 0.6) is 0 Å². The molecule has 1 saturated heterocycles. The van der Waals surface area contributed by atoms with Crippen LogP contribution in [0.25, 0.3) is 0 Å². The number of rotatable bonds is 2. The van der Waals surface area contributed by atoms with E-state index >= 15 is 0 Å². The van der Waals surface area contributed by atoms with Crippen molar-refractivity contribution in [1.82, 2.24) is 10.2 Å². The molecule has 6 nitrogen and oxygen atoms in total. The quantitative estimate of drug-likeness (QED) is 0.863. The number of hydrogen-bond donors (Lipinski definition) is 2. The van der Waals surface area contributed by atoms with Crippen molar-refractivity contribution in [3.63, 3.8) is 0 Å². The van der Waals surface area contributed by atoms with Gasteiger partial charge in [0.05, 0.1) is 11.6 Å². The van der Waals surface area contributed by atoms with E-state index in [2.05, 4.69) is 57.8 Å². The van der Waals surface area contributed by atoms with Crippen LogP contribution in [0.4, 0.5) is 16.2 Å². The van der Waals surface area contributed by atoms with Gasteiger partial charge < -0.3 is 15.5 Å². The van der Waals surface area contributed by atoms with Crippen LogP contribution in [0.3, 0.4) is 0 Å². The van der Waals surface area contributed by atoms with Crippen LogP contribution in [-0.4, -0.2) is 43.2 Å². The van der Waals surface area contributed by atoms with E-state index in [0.29, 0.717) is 17.3 Å². The number of amides is 2. The molecule has 0 saturated carbocycles. The number of anilines is 2. The fourth-order valence-corrected chi connectivity index (χ4v) is 4.14. The lowest BCUT2D eigenvalue weighted by Crippen LogP contribution is -2.39. The first-order valence-corrected chi connectivity index (χ1v) is 9.23. The second kappa shape index (κ2) is 7.29. The zero-order valence-electron chi connectivity index (χ0n) is 15.4. The summed E-state index contributed by atoms with van der Waals surface area (Å²) in [6.45, 7) is 2.72. The summed E-state index contributed by atoms with van der Waals surface area (Å²) < 4.78 is 0. The fourth-order valence-electron chi connectivity index (χ4n) is 4.14. The van der Waals surface area contributed by atoms with Crippen LogP contribution in [-0.2, 0) is 6.54 Å². The van der Waals surface area contributed by atoms with Gasteiger partial charge in [0.25, 0.3) is 0 Å². The predicted molar refractivity (Wildman–Crippen MR) is 106 cm³/mol. The second-order valence-corrected chi connectivity index (χ2v) is 7.32. The van der Waals surface area contributed by atoms with E-state index in [1.807, 2.05) is 0 Å². The summed E-state index contributed by atoms with van der Waals surface area (Å²) in [5, 5.41) is 14.9. The Labute approximate surface area is 159 Å². The van der Waals surface area contributed by atoms with E-state index in [9.17, 15) is 4.79 Å². The molecule has 0 unspecified atom stereocenters. The molecular formula is C21H23N5O. The standard InChI is InChI=1S/C21H23N5O/c1-25-14-19-10-18(13-26(19)12-16-6-2-3-8-20(16)25)24-21(27)23-17-7-4-5-15(9-17)11-22/h2-9,18-19H,10,12-14H2,1H3,(H2,23,24,27)/t18-,19-/m0/s1. The Kier molecular flexibility index (Phi) is 4.69. The molecule has 0 spiro atoms. The molecule has 0 aromatic heterocycles. The molecule has 6 heteroatoms. The number of urea groups is 1. The highest BCUT2D eigenvalue weighted by atomic mass is 16.2. The number of nitriles is 1. The van der Waals surface area contributed by atoms with Gasteiger partial charge in [-0.3, -0.25) is 4.90 Å². The maximum absolute atomic E-state index is 12.4. The molecule has 0 bridgehead atoms. The summed E-state index contributed by atoms with van der Waals surface area (Å²) in [5.41, 5.74) is 3.80. The van der Waals surface area contributed by atoms with Crippen molar-refractivity contribution in [3.8, 4) is 6.07 Å². The van der Waals surface area contributed by atoms with E-state index in [0.717, 1.165) is 26.1 Å². The zero-order chi connectivity index (χ0) is 18.8. The largest absolute Gasteiger partial charge is 0.373 e. The highest BCUT2D eigenvalue weighted by Crippen LogP contribution is 2.30. The van der Waals surface area contributed by atoms with Crippen molar-refractivity contribution in [3.05, 3.63) is 59.7 Å². The average Bonchev–Trinajstić information content (AvgIpc) is 2.96. The van der Waals surface area contributed by atoms with E-state index in [1.165, 1.54) is 11.3 Å². The summed E-state index contributed by atoms with van der Waals surface area (Å²) in [7, 11) is 2.14. The maximum Gasteiger partial charge on any atom is 0.319 e. The van der Waals surface area contributed by atoms with Gasteiger partial charge in [0.15, 0.2) is 0 Å². The highest BCUT2D eigenvalue weighted by Gasteiger charge is 2.35. The van der Waals surface area contributed by atoms with Crippen LogP contribution in [0.1, 0.15) is 17.5 Å². The zero-order valence-corrected chi connectivity index (χ0v) is 15.4. The van der Waals surface area contributed by atoms with Gasteiger partial charge in [-0.05, 0) is 36.2 Å². The van der Waals surface area contributed by atoms with Gasteiger partial charge in [0.1, 0.15) is 0 Å². The summed E-state index contributed by atoms with van der Waals surface area (Å²) >= 11 is 0. The summed E-state index contributed by atoms with van der Waals surface area (Å²) in [4.78, 5) is 17.1. The van der Waals surface area contributed by atoms with Crippen molar-refractivity contribution < 1.29 is 4.79 Å². The predicted octanol–water partition coefficient (Wildman–Crippen LogP) is 2.77. The van der Waals surface area contributed by atoms with Crippen molar-refractivity contribution >= 4 is 17.4 Å². The van der Waals surface area contributed by atoms with E-state index < -0.39 is 0 Å². The third-order valence-corrected chi connectivity index (χ3v) is 5.37. The maximum atomic E-state index is 12.4. The number of nitrogens with one attached hydrogen (secondary N) is 2. The number of fused-ring (bicyclic) bond motifs is 2. The molecule has 2 aliphatic heterocycles. The third kappa shape index (κ3) is 3.74. The van der Waals surface area contributed by atoms with E-state index in [-0.39, 0.29) is 12.1 Å². The van der Waals surface area contributed by atoms with Gasteiger partial charge in [-0.15, -0.1) is 0 Å². The van der Waals surface area contributed by atoms with Crippen LogP contribution >= 0.6 is 0 Å². The van der Waals surface area contributed by atoms with Crippen molar-refractivity contribution in [2.75, 3.05) is 30.4 Å².